The van der Waals surface area contributed by atoms with Crippen LogP contribution in [0.3, 0.4) is 0 Å². The van der Waals surface area contributed by atoms with Crippen LogP contribution in [0.4, 0.5) is 10.5 Å². The van der Waals surface area contributed by atoms with Crippen molar-refractivity contribution in [2.45, 2.75) is 25.2 Å². The zero-order chi connectivity index (χ0) is 18.2. The Hall–Kier alpha value is -2.77. The molecule has 0 bridgehead atoms. The van der Waals surface area contributed by atoms with Crippen LogP contribution in [0.1, 0.15) is 23.7 Å². The lowest BCUT2D eigenvalue weighted by molar-refractivity contribution is 0.0140. The van der Waals surface area contributed by atoms with E-state index < -0.39 is 18.3 Å². The van der Waals surface area contributed by atoms with Gasteiger partial charge in [0.2, 0.25) is 0 Å². The largest absolute Gasteiger partial charge is 0.508 e. The van der Waals surface area contributed by atoms with Gasteiger partial charge in [-0.15, -0.1) is 0 Å². The first-order chi connectivity index (χ1) is 12.0. The van der Waals surface area contributed by atoms with Crippen LogP contribution in [0.5, 0.6) is 5.75 Å². The van der Waals surface area contributed by atoms with Gasteiger partial charge in [0, 0.05) is 23.9 Å². The molecule has 2 unspecified atom stereocenters. The molecule has 0 aliphatic carbocycles. The summed E-state index contributed by atoms with van der Waals surface area (Å²) in [6, 6.07) is 13.4. The van der Waals surface area contributed by atoms with Crippen LogP contribution in [0.15, 0.2) is 48.5 Å². The Labute approximate surface area is 145 Å². The average Bonchev–Trinajstić information content (AvgIpc) is 2.60. The number of rotatable bonds is 7. The maximum Gasteiger partial charge on any atom is 0.407 e. The molecule has 0 saturated heterocycles. The van der Waals surface area contributed by atoms with Crippen LogP contribution >= 0.6 is 0 Å². The fourth-order valence-electron chi connectivity index (χ4n) is 2.29. The zero-order valence-electron chi connectivity index (χ0n) is 13.6. The lowest BCUT2D eigenvalue weighted by Gasteiger charge is -2.20. The van der Waals surface area contributed by atoms with Crippen molar-refractivity contribution in [3.8, 4) is 5.75 Å². The fourth-order valence-corrected chi connectivity index (χ4v) is 2.29. The first-order valence-corrected chi connectivity index (χ1v) is 7.86. The highest BCUT2D eigenvalue weighted by Gasteiger charge is 2.20. The Kier molecular flexibility index (Phi) is 6.62. The van der Waals surface area contributed by atoms with Crippen LogP contribution in [0.25, 0.3) is 0 Å². The van der Waals surface area contributed by atoms with Gasteiger partial charge in [-0.2, -0.15) is 0 Å². The Morgan fingerprint density at radius 3 is 2.56 bits per heavy atom. The van der Waals surface area contributed by atoms with Crippen LogP contribution < -0.4 is 11.1 Å². The van der Waals surface area contributed by atoms with Gasteiger partial charge >= 0.3 is 6.09 Å². The summed E-state index contributed by atoms with van der Waals surface area (Å²) in [4.78, 5) is 11.6. The van der Waals surface area contributed by atoms with Crippen molar-refractivity contribution < 1.29 is 24.9 Å². The number of phenolic OH excluding ortho intramolecular Hbond substituents is 1. The van der Waals surface area contributed by atoms with E-state index in [-0.39, 0.29) is 31.0 Å². The van der Waals surface area contributed by atoms with Gasteiger partial charge in [-0.3, -0.25) is 0 Å². The number of carbonyl (C=O) groups is 1. The predicted molar refractivity (Wildman–Crippen MR) is 92.7 cm³/mol. The number of ether oxygens (including phenoxy) is 1. The minimum absolute atomic E-state index is 0.0224. The Balaban J connectivity index is 1.74. The third kappa shape index (κ3) is 5.66. The summed E-state index contributed by atoms with van der Waals surface area (Å²) in [6.45, 7) is 0.283. The lowest BCUT2D eigenvalue weighted by Crippen LogP contribution is -2.30. The van der Waals surface area contributed by atoms with E-state index in [9.17, 15) is 20.1 Å². The standard InChI is InChI=1S/C18H22N2O5/c19-15-10-13(21)6-7-14(15)17(23)16(22)8-9-20-18(24)25-11-12-4-2-1-3-5-12/h1-7,10,16-17,21-23H,8-9,11,19H2,(H,20,24). The van der Waals surface area contributed by atoms with E-state index in [1.54, 1.807) is 0 Å². The molecule has 2 atom stereocenters. The zero-order valence-corrected chi connectivity index (χ0v) is 13.6. The van der Waals surface area contributed by atoms with E-state index in [0.29, 0.717) is 5.56 Å². The quantitative estimate of drug-likeness (QED) is 0.486. The maximum absolute atomic E-state index is 11.6. The van der Waals surface area contributed by atoms with Crippen LogP contribution in [0, 0.1) is 0 Å². The van der Waals surface area contributed by atoms with Crippen LogP contribution in [0.2, 0.25) is 0 Å². The number of nitrogen functional groups attached to an aromatic ring is 1. The lowest BCUT2D eigenvalue weighted by atomic mass is 10.0. The second kappa shape index (κ2) is 8.91. The summed E-state index contributed by atoms with van der Waals surface area (Å²) in [7, 11) is 0. The van der Waals surface area contributed by atoms with Crippen molar-refractivity contribution in [2.24, 2.45) is 0 Å². The molecule has 1 amide bonds. The van der Waals surface area contributed by atoms with Gasteiger partial charge in [0.25, 0.3) is 0 Å². The molecule has 2 aromatic rings. The highest BCUT2D eigenvalue weighted by Crippen LogP contribution is 2.27. The van der Waals surface area contributed by atoms with Crippen molar-refractivity contribution in [1.82, 2.24) is 5.32 Å². The number of anilines is 1. The topological polar surface area (TPSA) is 125 Å². The number of hydrogen-bond donors (Lipinski definition) is 5. The number of phenols is 1. The average molecular weight is 346 g/mol. The Morgan fingerprint density at radius 2 is 1.88 bits per heavy atom. The second-order valence-electron chi connectivity index (χ2n) is 5.60. The first kappa shape index (κ1) is 18.6. The monoisotopic (exact) mass is 346 g/mol. The van der Waals surface area contributed by atoms with Gasteiger partial charge in [-0.1, -0.05) is 36.4 Å². The predicted octanol–water partition coefficient (Wildman–Crippen LogP) is 1.69. The molecule has 134 valence electrons. The highest BCUT2D eigenvalue weighted by atomic mass is 16.5. The molecule has 0 heterocycles. The number of benzene rings is 2. The van der Waals surface area contributed by atoms with Gasteiger partial charge < -0.3 is 31.1 Å². The normalized spacial score (nSPS) is 13.0. The van der Waals surface area contributed by atoms with Gasteiger partial charge in [0.15, 0.2) is 0 Å². The van der Waals surface area contributed by atoms with Crippen molar-refractivity contribution >= 4 is 11.8 Å². The third-order valence-electron chi connectivity index (χ3n) is 3.68. The van der Waals surface area contributed by atoms with Gasteiger partial charge in [-0.25, -0.2) is 4.79 Å². The number of alkyl carbamates (subject to hydrolysis) is 1. The first-order valence-electron chi connectivity index (χ1n) is 7.86. The molecule has 0 aromatic heterocycles. The van der Waals surface area contributed by atoms with Crippen molar-refractivity contribution in [1.29, 1.82) is 0 Å². The molecule has 2 rings (SSSR count). The molecule has 7 nitrogen and oxygen atoms in total. The molecule has 0 fully saturated rings. The van der Waals surface area contributed by atoms with Gasteiger partial charge in [0.1, 0.15) is 18.5 Å². The number of carbonyl (C=O) groups excluding carboxylic acids is 1. The van der Waals surface area contributed by atoms with Crippen LogP contribution in [-0.4, -0.2) is 34.1 Å². The Bertz CT molecular complexity index is 693. The van der Waals surface area contributed by atoms with E-state index in [0.717, 1.165) is 5.56 Å². The van der Waals surface area contributed by atoms with Crippen molar-refractivity contribution in [2.75, 3.05) is 12.3 Å². The molecule has 7 heteroatoms. The summed E-state index contributed by atoms with van der Waals surface area (Å²) < 4.78 is 5.05. The number of amides is 1. The van der Waals surface area contributed by atoms with Crippen molar-refractivity contribution in [3.63, 3.8) is 0 Å². The summed E-state index contributed by atoms with van der Waals surface area (Å²) in [5.74, 6) is -0.0224. The molecule has 0 saturated carbocycles. The summed E-state index contributed by atoms with van der Waals surface area (Å²) >= 11 is 0. The summed E-state index contributed by atoms with van der Waals surface area (Å²) in [5.41, 5.74) is 7.08. The van der Waals surface area contributed by atoms with E-state index in [2.05, 4.69) is 5.32 Å². The van der Waals surface area contributed by atoms with E-state index in [1.165, 1.54) is 18.2 Å². The summed E-state index contributed by atoms with van der Waals surface area (Å²) in [5, 5.41) is 32.0. The van der Waals surface area contributed by atoms with E-state index in [1.807, 2.05) is 30.3 Å². The van der Waals surface area contributed by atoms with Gasteiger partial charge in [0.05, 0.1) is 6.10 Å². The minimum Gasteiger partial charge on any atom is -0.508 e. The maximum atomic E-state index is 11.6. The smallest absolute Gasteiger partial charge is 0.407 e. The number of hydrogen-bond acceptors (Lipinski definition) is 6. The number of aliphatic hydroxyl groups is 2. The van der Waals surface area contributed by atoms with Crippen LogP contribution in [-0.2, 0) is 11.3 Å². The number of nitrogens with two attached hydrogens (primary N) is 1. The number of nitrogens with one attached hydrogen (secondary N) is 1. The van der Waals surface area contributed by atoms with E-state index in [4.69, 9.17) is 10.5 Å². The molecule has 6 N–H and O–H groups in total. The number of aliphatic hydroxyl groups excluding tert-OH is 2. The molecule has 2 aromatic carbocycles. The number of aromatic hydroxyl groups is 1. The molecule has 0 spiro atoms. The highest BCUT2D eigenvalue weighted by molar-refractivity contribution is 5.67. The third-order valence-corrected chi connectivity index (χ3v) is 3.68. The second-order valence-corrected chi connectivity index (χ2v) is 5.60. The molecule has 25 heavy (non-hydrogen) atoms. The minimum atomic E-state index is -1.22. The Morgan fingerprint density at radius 1 is 1.16 bits per heavy atom. The molecule has 0 radical (unpaired) electrons. The molecule has 0 aliphatic rings. The molecule has 0 aliphatic heterocycles. The molecular weight excluding hydrogens is 324 g/mol. The SMILES string of the molecule is Nc1cc(O)ccc1C(O)C(O)CCNC(=O)OCc1ccccc1. The summed E-state index contributed by atoms with van der Waals surface area (Å²) in [6.07, 6.45) is -2.83. The van der Waals surface area contributed by atoms with Crippen molar-refractivity contribution in [3.05, 3.63) is 59.7 Å². The fraction of sp³-hybridized carbons (Fsp3) is 0.278. The molecular formula is C18H22N2O5. The van der Waals surface area contributed by atoms with E-state index >= 15 is 0 Å². The van der Waals surface area contributed by atoms with Gasteiger partial charge in [-0.05, 0) is 18.1 Å².